The minimum absolute atomic E-state index is 0.129. The number of anilines is 1. The number of aryl methyl sites for hydroxylation is 1. The van der Waals surface area contributed by atoms with Gasteiger partial charge in [-0.25, -0.2) is 0 Å². The molecule has 2 rings (SSSR count). The molecule has 0 fully saturated rings. The highest BCUT2D eigenvalue weighted by Gasteiger charge is 2.23. The number of hydrogen-bond acceptors (Lipinski definition) is 6. The number of nitrogen functional groups attached to an aromatic ring is 1. The molecular weight excluding hydrogens is 224 g/mol. The second-order valence-electron chi connectivity index (χ2n) is 4.68. The van der Waals surface area contributed by atoms with Crippen LogP contribution in [-0.2, 0) is 5.41 Å². The van der Waals surface area contributed by atoms with E-state index in [2.05, 4.69) is 14.5 Å². The molecule has 0 aliphatic rings. The standard InChI is InChI=1S/C10H14N4OS/c1-5-6(11)7(16-14-5)8-12-9(13-15-8)10(2,3)4/h11H2,1-4H3. The highest BCUT2D eigenvalue weighted by molar-refractivity contribution is 7.10. The fourth-order valence-electron chi connectivity index (χ4n) is 1.15. The lowest BCUT2D eigenvalue weighted by Crippen LogP contribution is -2.13. The molecule has 0 spiro atoms. The molecule has 2 aromatic rings. The summed E-state index contributed by atoms with van der Waals surface area (Å²) < 4.78 is 9.35. The summed E-state index contributed by atoms with van der Waals surface area (Å²) in [4.78, 5) is 5.09. The summed E-state index contributed by atoms with van der Waals surface area (Å²) in [6, 6.07) is 0. The van der Waals surface area contributed by atoms with Crippen LogP contribution in [0.5, 0.6) is 0 Å². The Bertz CT molecular complexity index is 509. The molecule has 2 heterocycles. The zero-order valence-electron chi connectivity index (χ0n) is 9.74. The van der Waals surface area contributed by atoms with Gasteiger partial charge in [0, 0.05) is 5.41 Å². The van der Waals surface area contributed by atoms with E-state index in [1.807, 2.05) is 27.7 Å². The fourth-order valence-corrected chi connectivity index (χ4v) is 1.88. The van der Waals surface area contributed by atoms with E-state index in [4.69, 9.17) is 10.3 Å². The van der Waals surface area contributed by atoms with Crippen molar-refractivity contribution in [3.05, 3.63) is 11.5 Å². The summed E-state index contributed by atoms with van der Waals surface area (Å²) in [6.45, 7) is 7.95. The van der Waals surface area contributed by atoms with Crippen LogP contribution in [0.2, 0.25) is 0 Å². The van der Waals surface area contributed by atoms with Crippen molar-refractivity contribution in [2.24, 2.45) is 0 Å². The third-order valence-corrected chi connectivity index (χ3v) is 3.14. The molecule has 0 bridgehead atoms. The molecule has 0 saturated carbocycles. The Morgan fingerprint density at radius 1 is 1.31 bits per heavy atom. The van der Waals surface area contributed by atoms with Crippen LogP contribution in [0.3, 0.4) is 0 Å². The van der Waals surface area contributed by atoms with Crippen molar-refractivity contribution >= 4 is 17.2 Å². The average Bonchev–Trinajstić information content (AvgIpc) is 2.74. The predicted molar refractivity (Wildman–Crippen MR) is 63.3 cm³/mol. The van der Waals surface area contributed by atoms with Crippen molar-refractivity contribution < 1.29 is 4.52 Å². The molecule has 16 heavy (non-hydrogen) atoms. The smallest absolute Gasteiger partial charge is 0.271 e. The van der Waals surface area contributed by atoms with E-state index in [1.165, 1.54) is 11.5 Å². The number of aromatic nitrogens is 3. The molecule has 5 nitrogen and oxygen atoms in total. The van der Waals surface area contributed by atoms with Gasteiger partial charge in [-0.3, -0.25) is 0 Å². The van der Waals surface area contributed by atoms with E-state index in [1.54, 1.807) is 0 Å². The van der Waals surface area contributed by atoms with Crippen LogP contribution >= 0.6 is 11.5 Å². The van der Waals surface area contributed by atoms with Gasteiger partial charge in [-0.05, 0) is 18.5 Å². The summed E-state index contributed by atoms with van der Waals surface area (Å²) in [5, 5.41) is 3.95. The van der Waals surface area contributed by atoms with E-state index in [0.29, 0.717) is 17.4 Å². The largest absolute Gasteiger partial charge is 0.396 e. The molecule has 0 radical (unpaired) electrons. The van der Waals surface area contributed by atoms with E-state index >= 15 is 0 Å². The Morgan fingerprint density at radius 3 is 2.44 bits per heavy atom. The Morgan fingerprint density at radius 2 is 2.00 bits per heavy atom. The van der Waals surface area contributed by atoms with Crippen LogP contribution < -0.4 is 5.73 Å². The Kier molecular flexibility index (Phi) is 2.46. The molecule has 2 aromatic heterocycles. The van der Waals surface area contributed by atoms with E-state index in [-0.39, 0.29) is 5.41 Å². The third kappa shape index (κ3) is 1.80. The molecule has 6 heteroatoms. The molecule has 0 amide bonds. The molecule has 0 aromatic carbocycles. The number of nitrogens with zero attached hydrogens (tertiary/aromatic N) is 3. The van der Waals surface area contributed by atoms with Crippen molar-refractivity contribution in [2.45, 2.75) is 33.1 Å². The lowest BCUT2D eigenvalue weighted by atomic mass is 9.96. The molecule has 0 unspecified atom stereocenters. The van der Waals surface area contributed by atoms with Crippen LogP contribution in [0.1, 0.15) is 32.3 Å². The first-order chi connectivity index (χ1) is 7.39. The zero-order valence-corrected chi connectivity index (χ0v) is 10.6. The Labute approximate surface area is 97.8 Å². The van der Waals surface area contributed by atoms with Crippen LogP contribution in [0, 0.1) is 6.92 Å². The summed E-state index contributed by atoms with van der Waals surface area (Å²) in [6.07, 6.45) is 0. The third-order valence-electron chi connectivity index (χ3n) is 2.20. The summed E-state index contributed by atoms with van der Waals surface area (Å²) in [7, 11) is 0. The first kappa shape index (κ1) is 11.1. The molecule has 0 aliphatic carbocycles. The molecule has 86 valence electrons. The summed E-state index contributed by atoms with van der Waals surface area (Å²) in [5.41, 5.74) is 7.17. The maximum atomic E-state index is 5.87. The summed E-state index contributed by atoms with van der Waals surface area (Å²) in [5.74, 6) is 1.13. The molecule has 0 atom stereocenters. The topological polar surface area (TPSA) is 77.8 Å². The monoisotopic (exact) mass is 238 g/mol. The van der Waals surface area contributed by atoms with Crippen molar-refractivity contribution in [1.29, 1.82) is 0 Å². The predicted octanol–water partition coefficient (Wildman–Crippen LogP) is 2.38. The van der Waals surface area contributed by atoms with Crippen molar-refractivity contribution in [1.82, 2.24) is 14.5 Å². The van der Waals surface area contributed by atoms with E-state index in [0.717, 1.165) is 10.6 Å². The second kappa shape index (κ2) is 3.55. The van der Waals surface area contributed by atoms with Gasteiger partial charge in [0.25, 0.3) is 5.89 Å². The fraction of sp³-hybridized carbons (Fsp3) is 0.500. The average molecular weight is 238 g/mol. The second-order valence-corrected chi connectivity index (χ2v) is 5.46. The SMILES string of the molecule is Cc1nsc(-c2nc(C(C)(C)C)no2)c1N. The van der Waals surface area contributed by atoms with Crippen molar-refractivity contribution in [3.63, 3.8) is 0 Å². The Hall–Kier alpha value is -1.43. The first-order valence-electron chi connectivity index (χ1n) is 4.96. The van der Waals surface area contributed by atoms with Gasteiger partial charge < -0.3 is 10.3 Å². The quantitative estimate of drug-likeness (QED) is 0.825. The van der Waals surface area contributed by atoms with Gasteiger partial charge in [-0.15, -0.1) is 0 Å². The minimum Gasteiger partial charge on any atom is -0.396 e. The molecular formula is C10H14N4OS. The Balaban J connectivity index is 2.43. The van der Waals surface area contributed by atoms with Crippen molar-refractivity contribution in [2.75, 3.05) is 5.73 Å². The first-order valence-corrected chi connectivity index (χ1v) is 5.73. The van der Waals surface area contributed by atoms with Gasteiger partial charge in [0.2, 0.25) is 0 Å². The van der Waals surface area contributed by atoms with Crippen LogP contribution in [-0.4, -0.2) is 14.5 Å². The van der Waals surface area contributed by atoms with Gasteiger partial charge in [0.15, 0.2) is 5.82 Å². The maximum absolute atomic E-state index is 5.87. The maximum Gasteiger partial charge on any atom is 0.271 e. The highest BCUT2D eigenvalue weighted by atomic mass is 32.1. The minimum atomic E-state index is -0.129. The normalized spacial score (nSPS) is 12.0. The number of hydrogen-bond donors (Lipinski definition) is 1. The zero-order chi connectivity index (χ0) is 11.9. The molecule has 2 N–H and O–H groups in total. The lowest BCUT2D eigenvalue weighted by molar-refractivity contribution is 0.403. The highest BCUT2D eigenvalue weighted by Crippen LogP contribution is 2.32. The van der Waals surface area contributed by atoms with Gasteiger partial charge >= 0.3 is 0 Å². The number of rotatable bonds is 1. The van der Waals surface area contributed by atoms with Gasteiger partial charge in [0.05, 0.1) is 11.4 Å². The van der Waals surface area contributed by atoms with Crippen molar-refractivity contribution in [3.8, 4) is 10.8 Å². The van der Waals surface area contributed by atoms with E-state index < -0.39 is 0 Å². The van der Waals surface area contributed by atoms with Crippen LogP contribution in [0.15, 0.2) is 4.52 Å². The van der Waals surface area contributed by atoms with Crippen LogP contribution in [0.25, 0.3) is 10.8 Å². The summed E-state index contributed by atoms with van der Waals surface area (Å²) >= 11 is 1.28. The molecule has 0 saturated heterocycles. The van der Waals surface area contributed by atoms with E-state index in [9.17, 15) is 0 Å². The number of nitrogens with two attached hydrogens (primary N) is 1. The van der Waals surface area contributed by atoms with Gasteiger partial charge in [-0.1, -0.05) is 25.9 Å². The molecule has 0 aliphatic heterocycles. The van der Waals surface area contributed by atoms with Gasteiger partial charge in [0.1, 0.15) is 4.88 Å². The van der Waals surface area contributed by atoms with Crippen LogP contribution in [0.4, 0.5) is 5.69 Å². The van der Waals surface area contributed by atoms with Gasteiger partial charge in [-0.2, -0.15) is 9.36 Å². The lowest BCUT2D eigenvalue weighted by Gasteiger charge is -2.10.